The molecule has 36 heavy (non-hydrogen) atoms. The van der Waals surface area contributed by atoms with E-state index in [1.54, 1.807) is 6.08 Å². The quantitative estimate of drug-likeness (QED) is 0.311. The molecule has 7 rings (SSSR count). The Kier molecular flexibility index (Phi) is 4.26. The number of aliphatic hydroxyl groups is 4. The Morgan fingerprint density at radius 1 is 0.972 bits per heavy atom. The number of esters is 1. The van der Waals surface area contributed by atoms with E-state index < -0.39 is 63.2 Å². The molecule has 7 aliphatic rings. The van der Waals surface area contributed by atoms with Gasteiger partial charge in [0.1, 0.15) is 23.4 Å². The first kappa shape index (κ1) is 23.8. The molecule has 2 heterocycles. The van der Waals surface area contributed by atoms with Crippen LogP contribution in [0.15, 0.2) is 12.2 Å². The highest BCUT2D eigenvalue weighted by atomic mass is 16.6. The summed E-state index contributed by atoms with van der Waals surface area (Å²) in [5.74, 6) is -1.16. The van der Waals surface area contributed by atoms with Gasteiger partial charge in [-0.25, -0.2) is 4.79 Å². The van der Waals surface area contributed by atoms with Gasteiger partial charge in [0, 0.05) is 16.7 Å². The molecule has 2 bridgehead atoms. The van der Waals surface area contributed by atoms with Gasteiger partial charge in [0.25, 0.3) is 0 Å². The SMILES string of the molecule is C[C@@]12CC([C@@]3(O)[C@H](O)C[C@H]4[C@@H]5C[C@H]6O[C@]67[C@@H](O)C=CC(=O)[C@]7(C)[C@H]5CC[C@@]43C)[C@@H](C1)OC(=O)[C@]2(C)O. The van der Waals surface area contributed by atoms with Crippen molar-refractivity contribution in [3.63, 3.8) is 0 Å². The summed E-state index contributed by atoms with van der Waals surface area (Å²) in [6.07, 6.45) is 3.70. The van der Waals surface area contributed by atoms with E-state index in [0.717, 1.165) is 0 Å². The predicted octanol–water partition coefficient (Wildman–Crippen LogP) is 1.27. The standard InChI is InChI=1S/C28H38O8/c1-23-11-16(17(12-23)35-22(32)26(23,4)33)27(34)20(31)10-15-13-9-21-28(36-21)19(30)6-5-18(29)25(28,3)14(13)7-8-24(15,27)2/h5-6,13-17,19-21,30-31,33-34H,7-12H2,1-4H3/t13-,14+,15+,16?,17-,19+,20-,21-,23-,24+,25+,26+,27-,28-/m1/s1. The van der Waals surface area contributed by atoms with Crippen molar-refractivity contribution in [2.75, 3.05) is 0 Å². The first-order valence-corrected chi connectivity index (χ1v) is 13.6. The third-order valence-corrected chi connectivity index (χ3v) is 13.1. The summed E-state index contributed by atoms with van der Waals surface area (Å²) in [6.45, 7) is 7.38. The number of ether oxygens (including phenoxy) is 2. The monoisotopic (exact) mass is 502 g/mol. The van der Waals surface area contributed by atoms with E-state index in [1.165, 1.54) is 13.0 Å². The fraction of sp³-hybridized carbons (Fsp3) is 0.857. The minimum Gasteiger partial charge on any atom is -0.460 e. The fourth-order valence-electron chi connectivity index (χ4n) is 10.7. The highest BCUT2D eigenvalue weighted by Crippen LogP contribution is 2.74. The van der Waals surface area contributed by atoms with Crippen LogP contribution in [0.3, 0.4) is 0 Å². The smallest absolute Gasteiger partial charge is 0.338 e. The Hall–Kier alpha value is -1.32. The van der Waals surface area contributed by atoms with E-state index >= 15 is 0 Å². The van der Waals surface area contributed by atoms with Gasteiger partial charge in [-0.2, -0.15) is 0 Å². The summed E-state index contributed by atoms with van der Waals surface area (Å²) < 4.78 is 11.9. The Balaban J connectivity index is 1.27. The number of fused-ring (bicyclic) bond motifs is 6. The molecule has 2 saturated heterocycles. The van der Waals surface area contributed by atoms with E-state index in [1.807, 2.05) is 13.8 Å². The second-order valence-electron chi connectivity index (χ2n) is 14.0. The normalized spacial score (nSPS) is 64.8. The van der Waals surface area contributed by atoms with Crippen LogP contribution in [0.5, 0.6) is 0 Å². The molecule has 1 spiro atoms. The van der Waals surface area contributed by atoms with Crippen LogP contribution in [0.25, 0.3) is 0 Å². The Labute approximate surface area is 211 Å². The molecule has 4 saturated carbocycles. The summed E-state index contributed by atoms with van der Waals surface area (Å²) in [5, 5.41) is 45.9. The summed E-state index contributed by atoms with van der Waals surface area (Å²) in [6, 6.07) is 0. The number of allylic oxidation sites excluding steroid dienone is 1. The molecule has 198 valence electrons. The molecule has 4 N–H and O–H groups in total. The Morgan fingerprint density at radius 2 is 1.69 bits per heavy atom. The lowest BCUT2D eigenvalue weighted by Gasteiger charge is -2.59. The van der Waals surface area contributed by atoms with Gasteiger partial charge in [-0.05, 0) is 82.3 Å². The number of epoxide rings is 1. The van der Waals surface area contributed by atoms with Crippen molar-refractivity contribution >= 4 is 11.8 Å². The second kappa shape index (κ2) is 6.45. The molecule has 1 unspecified atom stereocenters. The Morgan fingerprint density at radius 3 is 2.42 bits per heavy atom. The summed E-state index contributed by atoms with van der Waals surface area (Å²) in [4.78, 5) is 26.0. The average molecular weight is 503 g/mol. The fourth-order valence-corrected chi connectivity index (χ4v) is 10.7. The highest BCUT2D eigenvalue weighted by Gasteiger charge is 2.82. The van der Waals surface area contributed by atoms with Crippen LogP contribution < -0.4 is 0 Å². The summed E-state index contributed by atoms with van der Waals surface area (Å²) in [7, 11) is 0. The molecule has 0 radical (unpaired) electrons. The van der Waals surface area contributed by atoms with E-state index in [9.17, 15) is 30.0 Å². The maximum Gasteiger partial charge on any atom is 0.338 e. The maximum absolute atomic E-state index is 13.4. The van der Waals surface area contributed by atoms with Crippen LogP contribution in [0.4, 0.5) is 0 Å². The molecule has 0 amide bonds. The largest absolute Gasteiger partial charge is 0.460 e. The van der Waals surface area contributed by atoms with Crippen LogP contribution in [0.2, 0.25) is 0 Å². The zero-order valence-electron chi connectivity index (χ0n) is 21.4. The van der Waals surface area contributed by atoms with Gasteiger partial charge in [-0.1, -0.05) is 13.8 Å². The van der Waals surface area contributed by atoms with E-state index in [4.69, 9.17) is 9.47 Å². The number of carbonyl (C=O) groups excluding carboxylic acids is 2. The molecule has 0 aromatic heterocycles. The second-order valence-corrected chi connectivity index (χ2v) is 14.0. The number of rotatable bonds is 1. The Bertz CT molecular complexity index is 1100. The lowest BCUT2D eigenvalue weighted by atomic mass is 9.44. The van der Waals surface area contributed by atoms with Crippen LogP contribution in [-0.2, 0) is 19.1 Å². The van der Waals surface area contributed by atoms with E-state index in [-0.39, 0.29) is 29.6 Å². The lowest BCUT2D eigenvalue weighted by molar-refractivity contribution is -0.212. The van der Waals surface area contributed by atoms with Gasteiger partial charge in [0.05, 0.1) is 17.6 Å². The zero-order chi connectivity index (χ0) is 25.8. The number of aliphatic hydroxyl groups excluding tert-OH is 2. The highest BCUT2D eigenvalue weighted by molar-refractivity contribution is 5.98. The van der Waals surface area contributed by atoms with Crippen molar-refractivity contribution in [3.8, 4) is 0 Å². The number of carbonyl (C=O) groups is 2. The number of ketones is 1. The van der Waals surface area contributed by atoms with Crippen molar-refractivity contribution in [2.24, 2.45) is 39.9 Å². The molecule has 0 aromatic rings. The van der Waals surface area contributed by atoms with Crippen LogP contribution >= 0.6 is 0 Å². The van der Waals surface area contributed by atoms with Crippen molar-refractivity contribution < 1.29 is 39.5 Å². The molecule has 14 atom stereocenters. The van der Waals surface area contributed by atoms with Gasteiger partial charge in [0.2, 0.25) is 0 Å². The molecule has 8 nitrogen and oxygen atoms in total. The van der Waals surface area contributed by atoms with Crippen molar-refractivity contribution in [3.05, 3.63) is 12.2 Å². The maximum atomic E-state index is 13.4. The van der Waals surface area contributed by atoms with Gasteiger partial charge in [-0.3, -0.25) is 4.79 Å². The predicted molar refractivity (Wildman–Crippen MR) is 125 cm³/mol. The first-order valence-electron chi connectivity index (χ1n) is 13.6. The third kappa shape index (κ3) is 2.22. The van der Waals surface area contributed by atoms with Crippen LogP contribution in [0.1, 0.15) is 66.2 Å². The van der Waals surface area contributed by atoms with Gasteiger partial charge in [-0.15, -0.1) is 0 Å². The topological polar surface area (TPSA) is 137 Å². The van der Waals surface area contributed by atoms with Gasteiger partial charge >= 0.3 is 5.97 Å². The molecular formula is C28H38O8. The molecule has 6 fully saturated rings. The van der Waals surface area contributed by atoms with Gasteiger partial charge in [0.15, 0.2) is 11.4 Å². The lowest BCUT2D eigenvalue weighted by Crippen LogP contribution is -2.65. The molecule has 0 aromatic carbocycles. The number of hydrogen-bond donors (Lipinski definition) is 4. The third-order valence-electron chi connectivity index (χ3n) is 13.1. The van der Waals surface area contributed by atoms with Gasteiger partial charge < -0.3 is 29.9 Å². The van der Waals surface area contributed by atoms with Crippen molar-refractivity contribution in [2.45, 2.75) is 107 Å². The van der Waals surface area contributed by atoms with Crippen molar-refractivity contribution in [1.82, 2.24) is 0 Å². The average Bonchev–Trinajstić information content (AvgIpc) is 3.41. The molecule has 8 heteroatoms. The molecule has 2 aliphatic heterocycles. The number of hydrogen-bond acceptors (Lipinski definition) is 8. The summed E-state index contributed by atoms with van der Waals surface area (Å²) >= 11 is 0. The minimum atomic E-state index is -1.64. The van der Waals surface area contributed by atoms with Crippen LogP contribution in [-0.4, -0.2) is 73.4 Å². The van der Waals surface area contributed by atoms with Crippen LogP contribution in [0, 0.1) is 39.9 Å². The summed E-state index contributed by atoms with van der Waals surface area (Å²) in [5.41, 5.74) is -6.22. The molecular weight excluding hydrogens is 464 g/mol. The minimum absolute atomic E-state index is 0.00549. The van der Waals surface area contributed by atoms with E-state index in [0.29, 0.717) is 38.5 Å². The zero-order valence-corrected chi connectivity index (χ0v) is 21.4. The van der Waals surface area contributed by atoms with E-state index in [2.05, 4.69) is 6.92 Å². The molecule has 5 aliphatic carbocycles. The first-order chi connectivity index (χ1) is 16.7. The van der Waals surface area contributed by atoms with Crippen molar-refractivity contribution in [1.29, 1.82) is 0 Å².